The van der Waals surface area contributed by atoms with Crippen LogP contribution in [0, 0.1) is 5.92 Å². The minimum atomic E-state index is -1.77. The lowest BCUT2D eigenvalue weighted by molar-refractivity contribution is -0.162. The maximum atomic E-state index is 12.3. The van der Waals surface area contributed by atoms with Crippen molar-refractivity contribution in [2.24, 2.45) is 5.92 Å². The summed E-state index contributed by atoms with van der Waals surface area (Å²) in [7, 11) is 1.57. The number of methoxy groups -OCH3 is 1. The summed E-state index contributed by atoms with van der Waals surface area (Å²) < 4.78 is 10.2. The number of benzene rings is 1. The van der Waals surface area contributed by atoms with Crippen LogP contribution in [0.15, 0.2) is 35.9 Å². The number of carbonyl (C=O) groups is 1. The van der Waals surface area contributed by atoms with E-state index in [1.807, 2.05) is 19.9 Å². The van der Waals surface area contributed by atoms with E-state index in [9.17, 15) is 9.90 Å². The van der Waals surface area contributed by atoms with Gasteiger partial charge in [0.25, 0.3) is 0 Å². The molecule has 116 valence electrons. The number of hydrogen-bond donors (Lipinski definition) is 1. The average Bonchev–Trinajstić information content (AvgIpc) is 2.46. The van der Waals surface area contributed by atoms with Crippen molar-refractivity contribution >= 4 is 5.97 Å². The van der Waals surface area contributed by atoms with Gasteiger partial charge in [-0.05, 0) is 43.0 Å². The second-order valence-electron chi connectivity index (χ2n) is 5.25. The lowest BCUT2D eigenvalue weighted by Gasteiger charge is -2.28. The van der Waals surface area contributed by atoms with Gasteiger partial charge in [-0.25, -0.2) is 4.79 Å². The number of esters is 1. The number of hydrogen-bond acceptors (Lipinski definition) is 4. The van der Waals surface area contributed by atoms with E-state index >= 15 is 0 Å². The smallest absolute Gasteiger partial charge is 0.347 e. The molecule has 0 saturated carbocycles. The molecule has 0 saturated heterocycles. The van der Waals surface area contributed by atoms with E-state index in [4.69, 9.17) is 9.47 Å². The molecule has 0 fully saturated rings. The molecule has 21 heavy (non-hydrogen) atoms. The van der Waals surface area contributed by atoms with Gasteiger partial charge in [-0.1, -0.05) is 32.1 Å². The topological polar surface area (TPSA) is 55.8 Å². The van der Waals surface area contributed by atoms with Crippen LogP contribution >= 0.6 is 0 Å². The second-order valence-corrected chi connectivity index (χ2v) is 5.25. The lowest BCUT2D eigenvalue weighted by Crippen LogP contribution is -2.38. The van der Waals surface area contributed by atoms with E-state index in [-0.39, 0.29) is 12.5 Å². The van der Waals surface area contributed by atoms with Crippen molar-refractivity contribution in [1.29, 1.82) is 0 Å². The van der Waals surface area contributed by atoms with Gasteiger partial charge in [-0.2, -0.15) is 0 Å². The van der Waals surface area contributed by atoms with Crippen LogP contribution in [-0.2, 0) is 15.1 Å². The van der Waals surface area contributed by atoms with Gasteiger partial charge in [0.1, 0.15) is 5.75 Å². The van der Waals surface area contributed by atoms with Crippen LogP contribution in [0.5, 0.6) is 5.75 Å². The summed E-state index contributed by atoms with van der Waals surface area (Å²) in [6, 6.07) is 6.77. The zero-order valence-electron chi connectivity index (χ0n) is 13.3. The summed E-state index contributed by atoms with van der Waals surface area (Å²) in [5.41, 5.74) is -0.746. The van der Waals surface area contributed by atoms with Crippen LogP contribution in [0.25, 0.3) is 0 Å². The molecule has 1 atom stereocenters. The van der Waals surface area contributed by atoms with Crippen molar-refractivity contribution in [3.05, 3.63) is 41.5 Å². The van der Waals surface area contributed by atoms with Gasteiger partial charge < -0.3 is 14.6 Å². The molecule has 0 aliphatic heterocycles. The molecular weight excluding hydrogens is 268 g/mol. The molecule has 1 N–H and O–H groups in total. The minimum Gasteiger partial charge on any atom is -0.497 e. The van der Waals surface area contributed by atoms with Crippen molar-refractivity contribution in [2.45, 2.75) is 33.3 Å². The summed E-state index contributed by atoms with van der Waals surface area (Å²) >= 11 is 0. The van der Waals surface area contributed by atoms with Gasteiger partial charge in [-0.3, -0.25) is 0 Å². The fourth-order valence-electron chi connectivity index (χ4n) is 2.19. The first-order valence-corrected chi connectivity index (χ1v) is 7.09. The van der Waals surface area contributed by atoms with E-state index in [0.717, 1.165) is 0 Å². The molecule has 0 aromatic heterocycles. The van der Waals surface area contributed by atoms with Crippen molar-refractivity contribution in [2.75, 3.05) is 13.7 Å². The monoisotopic (exact) mass is 292 g/mol. The minimum absolute atomic E-state index is 0.212. The van der Waals surface area contributed by atoms with E-state index in [2.05, 4.69) is 0 Å². The van der Waals surface area contributed by atoms with Crippen molar-refractivity contribution in [1.82, 2.24) is 0 Å². The maximum absolute atomic E-state index is 12.3. The summed E-state index contributed by atoms with van der Waals surface area (Å²) in [6.07, 6.45) is 1.86. The Kier molecular flexibility index (Phi) is 5.97. The van der Waals surface area contributed by atoms with Gasteiger partial charge in [0.2, 0.25) is 5.60 Å². The fourth-order valence-corrected chi connectivity index (χ4v) is 2.19. The van der Waals surface area contributed by atoms with Gasteiger partial charge in [0.05, 0.1) is 13.7 Å². The Morgan fingerprint density at radius 1 is 1.33 bits per heavy atom. The quantitative estimate of drug-likeness (QED) is 0.647. The van der Waals surface area contributed by atoms with Crippen LogP contribution in [0.1, 0.15) is 33.3 Å². The third kappa shape index (κ3) is 3.85. The summed E-state index contributed by atoms with van der Waals surface area (Å²) in [4.78, 5) is 12.3. The highest BCUT2D eigenvalue weighted by molar-refractivity contribution is 5.85. The Bertz CT molecular complexity index is 502. The largest absolute Gasteiger partial charge is 0.497 e. The van der Waals surface area contributed by atoms with Crippen LogP contribution in [-0.4, -0.2) is 24.8 Å². The highest BCUT2D eigenvalue weighted by atomic mass is 16.5. The SMILES string of the molecule is CCOC(=O)C(O)(/C(C)=C/C(C)C)c1ccc(OC)cc1. The maximum Gasteiger partial charge on any atom is 0.347 e. The van der Waals surface area contributed by atoms with Crippen LogP contribution < -0.4 is 4.74 Å². The third-order valence-electron chi connectivity index (χ3n) is 3.23. The zero-order chi connectivity index (χ0) is 16.0. The van der Waals surface area contributed by atoms with Crippen LogP contribution in [0.4, 0.5) is 0 Å². The standard InChI is InChI=1S/C17H24O4/c1-6-21-16(18)17(19,13(4)11-12(2)3)14-7-9-15(20-5)10-8-14/h7-12,19H,6H2,1-5H3/b13-11+. The Morgan fingerprint density at radius 2 is 1.90 bits per heavy atom. The molecule has 0 heterocycles. The van der Waals surface area contributed by atoms with E-state index < -0.39 is 11.6 Å². The van der Waals surface area contributed by atoms with Crippen LogP contribution in [0.2, 0.25) is 0 Å². The van der Waals surface area contributed by atoms with Crippen molar-refractivity contribution in [3.63, 3.8) is 0 Å². The Morgan fingerprint density at radius 3 is 2.33 bits per heavy atom. The molecule has 1 rings (SSSR count). The Labute approximate surface area is 126 Å². The average molecular weight is 292 g/mol. The fraction of sp³-hybridized carbons (Fsp3) is 0.471. The van der Waals surface area contributed by atoms with Gasteiger partial charge in [0.15, 0.2) is 0 Å². The lowest BCUT2D eigenvalue weighted by atomic mass is 9.85. The number of ether oxygens (including phenoxy) is 2. The van der Waals surface area contributed by atoms with E-state index in [1.165, 1.54) is 0 Å². The Balaban J connectivity index is 3.32. The molecule has 1 aromatic carbocycles. The van der Waals surface area contributed by atoms with Gasteiger partial charge >= 0.3 is 5.97 Å². The van der Waals surface area contributed by atoms with Gasteiger partial charge in [0, 0.05) is 0 Å². The third-order valence-corrected chi connectivity index (χ3v) is 3.23. The van der Waals surface area contributed by atoms with E-state index in [0.29, 0.717) is 16.9 Å². The summed E-state index contributed by atoms with van der Waals surface area (Å²) in [5.74, 6) is 0.212. The number of rotatable bonds is 6. The normalized spacial score (nSPS) is 14.7. The Hall–Kier alpha value is -1.81. The molecule has 0 bridgehead atoms. The number of carbonyl (C=O) groups excluding carboxylic acids is 1. The predicted octanol–water partition coefficient (Wildman–Crippen LogP) is 3.05. The molecule has 0 amide bonds. The van der Waals surface area contributed by atoms with Gasteiger partial charge in [-0.15, -0.1) is 0 Å². The molecule has 1 aromatic rings. The molecule has 4 nitrogen and oxygen atoms in total. The van der Waals surface area contributed by atoms with Crippen molar-refractivity contribution in [3.8, 4) is 5.75 Å². The first-order chi connectivity index (χ1) is 9.86. The first kappa shape index (κ1) is 17.2. The summed E-state index contributed by atoms with van der Waals surface area (Å²) in [6.45, 7) is 7.65. The summed E-state index contributed by atoms with van der Waals surface area (Å²) in [5, 5.41) is 11.0. The molecule has 0 aliphatic rings. The number of aliphatic hydroxyl groups is 1. The second kappa shape index (κ2) is 7.27. The zero-order valence-corrected chi connectivity index (χ0v) is 13.3. The molecule has 4 heteroatoms. The highest BCUT2D eigenvalue weighted by Gasteiger charge is 2.41. The van der Waals surface area contributed by atoms with E-state index in [1.54, 1.807) is 45.2 Å². The molecule has 0 radical (unpaired) electrons. The molecule has 1 unspecified atom stereocenters. The van der Waals surface area contributed by atoms with Crippen molar-refractivity contribution < 1.29 is 19.4 Å². The molecule has 0 spiro atoms. The number of allylic oxidation sites excluding steroid dienone is 1. The molecular formula is C17H24O4. The van der Waals surface area contributed by atoms with Crippen LogP contribution in [0.3, 0.4) is 0 Å². The molecule has 0 aliphatic carbocycles. The predicted molar refractivity (Wildman–Crippen MR) is 82.1 cm³/mol. The first-order valence-electron chi connectivity index (χ1n) is 7.09. The highest BCUT2D eigenvalue weighted by Crippen LogP contribution is 2.32.